The van der Waals surface area contributed by atoms with Gasteiger partial charge in [-0.05, 0) is 12.1 Å². The Kier molecular flexibility index (Phi) is 3.12. The van der Waals surface area contributed by atoms with Crippen LogP contribution >= 0.6 is 23.2 Å². The molecule has 0 saturated heterocycles. The van der Waals surface area contributed by atoms with Crippen LogP contribution in [0.2, 0.25) is 10.0 Å². The number of carbonyl (C=O) groups is 1. The minimum atomic E-state index is -0.902. The van der Waals surface area contributed by atoms with Crippen molar-refractivity contribution in [1.82, 2.24) is 0 Å². The number of fused-ring (bicyclic) bond motifs is 1. The van der Waals surface area contributed by atoms with E-state index >= 15 is 0 Å². The average Bonchev–Trinajstić information content (AvgIpc) is 2.18. The van der Waals surface area contributed by atoms with Gasteiger partial charge in [0.25, 0.3) is 0 Å². The number of hydrogen-bond acceptors (Lipinski definition) is 3. The molecule has 0 saturated carbocycles. The van der Waals surface area contributed by atoms with Gasteiger partial charge in [0.1, 0.15) is 6.10 Å². The SMILES string of the molecule is O=C(O)CC1CNc2cc(Cl)cc(Cl)c2O1. The van der Waals surface area contributed by atoms with E-state index in [1.54, 1.807) is 12.1 Å². The zero-order chi connectivity index (χ0) is 11.7. The summed E-state index contributed by atoms with van der Waals surface area (Å²) in [7, 11) is 0. The van der Waals surface area contributed by atoms with Gasteiger partial charge in [-0.2, -0.15) is 0 Å². The molecular formula is C10H9Cl2NO3. The van der Waals surface area contributed by atoms with Gasteiger partial charge in [0, 0.05) is 5.02 Å². The van der Waals surface area contributed by atoms with E-state index < -0.39 is 12.1 Å². The fourth-order valence-corrected chi connectivity index (χ4v) is 2.09. The maximum atomic E-state index is 10.6. The Morgan fingerprint density at radius 3 is 3.00 bits per heavy atom. The second-order valence-electron chi connectivity index (χ2n) is 3.48. The minimum Gasteiger partial charge on any atom is -0.484 e. The molecule has 1 aliphatic heterocycles. The van der Waals surface area contributed by atoms with E-state index in [2.05, 4.69) is 5.32 Å². The number of ether oxygens (including phenoxy) is 1. The van der Waals surface area contributed by atoms with E-state index in [1.165, 1.54) is 0 Å². The Labute approximate surface area is 102 Å². The molecule has 1 atom stereocenters. The molecular weight excluding hydrogens is 253 g/mol. The number of carboxylic acids is 1. The van der Waals surface area contributed by atoms with Gasteiger partial charge in [-0.25, -0.2) is 0 Å². The first-order valence-electron chi connectivity index (χ1n) is 4.67. The molecule has 0 radical (unpaired) electrons. The van der Waals surface area contributed by atoms with Crippen LogP contribution in [0.25, 0.3) is 0 Å². The van der Waals surface area contributed by atoms with Gasteiger partial charge in [-0.15, -0.1) is 0 Å². The number of benzene rings is 1. The highest BCUT2D eigenvalue weighted by Crippen LogP contribution is 2.39. The smallest absolute Gasteiger partial charge is 0.307 e. The molecule has 0 bridgehead atoms. The van der Waals surface area contributed by atoms with Crippen LogP contribution in [-0.2, 0) is 4.79 Å². The van der Waals surface area contributed by atoms with E-state index in [0.717, 1.165) is 0 Å². The largest absolute Gasteiger partial charge is 0.484 e. The third-order valence-corrected chi connectivity index (χ3v) is 2.71. The molecule has 1 heterocycles. The lowest BCUT2D eigenvalue weighted by Gasteiger charge is -2.27. The first-order chi connectivity index (χ1) is 7.56. The molecule has 2 rings (SSSR count). The Morgan fingerprint density at radius 1 is 1.56 bits per heavy atom. The summed E-state index contributed by atoms with van der Waals surface area (Å²) in [6.07, 6.45) is -0.477. The second kappa shape index (κ2) is 4.39. The number of rotatable bonds is 2. The number of hydrogen-bond donors (Lipinski definition) is 2. The van der Waals surface area contributed by atoms with Crippen molar-refractivity contribution in [3.63, 3.8) is 0 Å². The Balaban J connectivity index is 2.23. The van der Waals surface area contributed by atoms with Gasteiger partial charge in [-0.1, -0.05) is 23.2 Å². The summed E-state index contributed by atoms with van der Waals surface area (Å²) in [4.78, 5) is 10.6. The maximum absolute atomic E-state index is 10.6. The van der Waals surface area contributed by atoms with Crippen LogP contribution < -0.4 is 10.1 Å². The molecule has 4 nitrogen and oxygen atoms in total. The van der Waals surface area contributed by atoms with E-state index in [1.807, 2.05) is 0 Å². The predicted octanol–water partition coefficient (Wildman–Crippen LogP) is 2.64. The summed E-state index contributed by atoms with van der Waals surface area (Å²) in [5.74, 6) is -0.441. The third-order valence-electron chi connectivity index (χ3n) is 2.22. The van der Waals surface area contributed by atoms with Crippen molar-refractivity contribution in [2.45, 2.75) is 12.5 Å². The summed E-state index contributed by atoms with van der Waals surface area (Å²) >= 11 is 11.8. The normalized spacial score (nSPS) is 18.2. The summed E-state index contributed by atoms with van der Waals surface area (Å²) in [6, 6.07) is 3.26. The van der Waals surface area contributed by atoms with Crippen molar-refractivity contribution in [2.75, 3.05) is 11.9 Å². The summed E-state index contributed by atoms with van der Waals surface area (Å²) in [6.45, 7) is 0.427. The van der Waals surface area contributed by atoms with Crippen LogP contribution in [0.3, 0.4) is 0 Å². The van der Waals surface area contributed by atoms with E-state index in [9.17, 15) is 4.79 Å². The lowest BCUT2D eigenvalue weighted by Crippen LogP contribution is -2.32. The van der Waals surface area contributed by atoms with Gasteiger partial charge in [-0.3, -0.25) is 4.79 Å². The fraction of sp³-hybridized carbons (Fsp3) is 0.300. The third kappa shape index (κ3) is 2.33. The van der Waals surface area contributed by atoms with Crippen LogP contribution in [0.1, 0.15) is 6.42 Å². The van der Waals surface area contributed by atoms with Crippen molar-refractivity contribution in [2.24, 2.45) is 0 Å². The highest BCUT2D eigenvalue weighted by molar-refractivity contribution is 6.36. The Morgan fingerprint density at radius 2 is 2.31 bits per heavy atom. The van der Waals surface area contributed by atoms with E-state index in [4.69, 9.17) is 33.0 Å². The summed E-state index contributed by atoms with van der Waals surface area (Å²) < 4.78 is 5.49. The molecule has 1 unspecified atom stereocenters. The Bertz CT molecular complexity index is 436. The van der Waals surface area contributed by atoms with Crippen LogP contribution in [0.4, 0.5) is 5.69 Å². The molecule has 1 aromatic rings. The van der Waals surface area contributed by atoms with E-state index in [-0.39, 0.29) is 6.42 Å². The molecule has 1 aromatic carbocycles. The van der Waals surface area contributed by atoms with Crippen molar-refractivity contribution < 1.29 is 14.6 Å². The average molecular weight is 262 g/mol. The molecule has 0 fully saturated rings. The van der Waals surface area contributed by atoms with Crippen LogP contribution in [0.5, 0.6) is 5.75 Å². The predicted molar refractivity (Wildman–Crippen MR) is 61.6 cm³/mol. The molecule has 1 aliphatic rings. The van der Waals surface area contributed by atoms with Crippen molar-refractivity contribution >= 4 is 34.9 Å². The van der Waals surface area contributed by atoms with Crippen molar-refractivity contribution in [3.8, 4) is 5.75 Å². The van der Waals surface area contributed by atoms with Gasteiger partial charge >= 0.3 is 5.97 Å². The first kappa shape index (κ1) is 11.4. The van der Waals surface area contributed by atoms with Crippen LogP contribution in [0.15, 0.2) is 12.1 Å². The number of anilines is 1. The molecule has 0 amide bonds. The number of carboxylic acid groups (broad SMARTS) is 1. The van der Waals surface area contributed by atoms with Crippen LogP contribution in [0, 0.1) is 0 Å². The number of nitrogens with one attached hydrogen (secondary N) is 1. The molecule has 6 heteroatoms. The van der Waals surface area contributed by atoms with Crippen LogP contribution in [-0.4, -0.2) is 23.7 Å². The topological polar surface area (TPSA) is 58.6 Å². The van der Waals surface area contributed by atoms with Gasteiger partial charge in [0.05, 0.1) is 23.7 Å². The number of aliphatic carboxylic acids is 1. The molecule has 2 N–H and O–H groups in total. The number of halogens is 2. The maximum Gasteiger partial charge on any atom is 0.307 e. The molecule has 86 valence electrons. The van der Waals surface area contributed by atoms with Gasteiger partial charge in [0.15, 0.2) is 5.75 Å². The second-order valence-corrected chi connectivity index (χ2v) is 4.33. The van der Waals surface area contributed by atoms with E-state index in [0.29, 0.717) is 28.0 Å². The summed E-state index contributed by atoms with van der Waals surface area (Å²) in [5, 5.41) is 12.6. The molecule has 0 spiro atoms. The Hall–Kier alpha value is -1.13. The van der Waals surface area contributed by atoms with Gasteiger partial charge < -0.3 is 15.2 Å². The summed E-state index contributed by atoms with van der Waals surface area (Å²) in [5.41, 5.74) is 0.694. The lowest BCUT2D eigenvalue weighted by molar-refractivity contribution is -0.138. The first-order valence-corrected chi connectivity index (χ1v) is 5.43. The van der Waals surface area contributed by atoms with Crippen molar-refractivity contribution in [3.05, 3.63) is 22.2 Å². The highest BCUT2D eigenvalue weighted by Gasteiger charge is 2.23. The monoisotopic (exact) mass is 261 g/mol. The highest BCUT2D eigenvalue weighted by atomic mass is 35.5. The van der Waals surface area contributed by atoms with Crippen molar-refractivity contribution in [1.29, 1.82) is 0 Å². The zero-order valence-corrected chi connectivity index (χ0v) is 9.68. The molecule has 16 heavy (non-hydrogen) atoms. The standard InChI is InChI=1S/C10H9Cl2NO3/c11-5-1-7(12)10-8(2-5)13-4-6(16-10)3-9(14)15/h1-2,6,13H,3-4H2,(H,14,15). The zero-order valence-electron chi connectivity index (χ0n) is 8.17. The quantitative estimate of drug-likeness (QED) is 0.860. The molecule has 0 aliphatic carbocycles. The lowest BCUT2D eigenvalue weighted by atomic mass is 10.2. The van der Waals surface area contributed by atoms with Gasteiger partial charge in [0.2, 0.25) is 0 Å². The fourth-order valence-electron chi connectivity index (χ4n) is 1.55. The minimum absolute atomic E-state index is 0.0641. The molecule has 0 aromatic heterocycles.